The molecule has 1 N–H and O–H groups in total. The largest absolute Gasteiger partial charge is 0.387 e. The summed E-state index contributed by atoms with van der Waals surface area (Å²) >= 11 is 0. The first-order chi connectivity index (χ1) is 12.3. The third-order valence-corrected chi connectivity index (χ3v) is 5.21. The molecule has 0 aliphatic heterocycles. The standard InChI is InChI=1S/C25H29N/c1-15-11-17(3)23(18(4)12-15)21-9-8-10-22(25(21)26-7)24-19(5)13-16(2)14-20(24)6/h8-14,26H,1-7H3. The van der Waals surface area contributed by atoms with Crippen LogP contribution in [0.1, 0.15) is 33.4 Å². The van der Waals surface area contributed by atoms with Gasteiger partial charge in [0.2, 0.25) is 0 Å². The number of benzene rings is 3. The van der Waals surface area contributed by atoms with E-state index in [1.807, 2.05) is 7.05 Å². The second kappa shape index (κ2) is 6.99. The molecule has 1 heteroatoms. The quantitative estimate of drug-likeness (QED) is 0.544. The predicted octanol–water partition coefficient (Wildman–Crippen LogP) is 6.91. The first-order valence-electron chi connectivity index (χ1n) is 9.30. The molecule has 26 heavy (non-hydrogen) atoms. The molecule has 0 unspecified atom stereocenters. The molecular formula is C25H29N. The van der Waals surface area contributed by atoms with Gasteiger partial charge in [-0.25, -0.2) is 0 Å². The van der Waals surface area contributed by atoms with Gasteiger partial charge in [0, 0.05) is 23.9 Å². The van der Waals surface area contributed by atoms with E-state index in [4.69, 9.17) is 0 Å². The maximum Gasteiger partial charge on any atom is 0.0497 e. The van der Waals surface area contributed by atoms with Crippen molar-refractivity contribution in [1.82, 2.24) is 0 Å². The fourth-order valence-electron chi connectivity index (χ4n) is 4.45. The van der Waals surface area contributed by atoms with E-state index in [1.165, 1.54) is 61.3 Å². The number of para-hydroxylation sites is 1. The summed E-state index contributed by atoms with van der Waals surface area (Å²) in [6.07, 6.45) is 0. The molecule has 3 rings (SSSR count). The van der Waals surface area contributed by atoms with Gasteiger partial charge in [-0.1, -0.05) is 53.6 Å². The minimum atomic E-state index is 1.21. The van der Waals surface area contributed by atoms with Crippen LogP contribution in [0.3, 0.4) is 0 Å². The molecule has 3 aromatic rings. The minimum absolute atomic E-state index is 1.21. The molecule has 0 spiro atoms. The summed E-state index contributed by atoms with van der Waals surface area (Å²) in [4.78, 5) is 0. The molecule has 1 nitrogen and oxygen atoms in total. The van der Waals surface area contributed by atoms with Crippen LogP contribution in [-0.2, 0) is 0 Å². The van der Waals surface area contributed by atoms with E-state index in [-0.39, 0.29) is 0 Å². The number of anilines is 1. The number of rotatable bonds is 3. The van der Waals surface area contributed by atoms with Crippen molar-refractivity contribution >= 4 is 5.69 Å². The van der Waals surface area contributed by atoms with E-state index >= 15 is 0 Å². The second-order valence-electron chi connectivity index (χ2n) is 7.53. The predicted molar refractivity (Wildman–Crippen MR) is 115 cm³/mol. The molecule has 0 bridgehead atoms. The van der Waals surface area contributed by atoms with Crippen molar-refractivity contribution in [2.24, 2.45) is 0 Å². The summed E-state index contributed by atoms with van der Waals surface area (Å²) in [5, 5.41) is 3.50. The Kier molecular flexibility index (Phi) is 4.91. The summed E-state index contributed by atoms with van der Waals surface area (Å²) < 4.78 is 0. The first-order valence-corrected chi connectivity index (χ1v) is 9.30. The lowest BCUT2D eigenvalue weighted by Gasteiger charge is -2.21. The van der Waals surface area contributed by atoms with Crippen LogP contribution >= 0.6 is 0 Å². The molecule has 0 fully saturated rings. The lowest BCUT2D eigenvalue weighted by molar-refractivity contribution is 1.31. The Morgan fingerprint density at radius 3 is 1.23 bits per heavy atom. The summed E-state index contributed by atoms with van der Waals surface area (Å²) in [5.41, 5.74) is 14.4. The highest BCUT2D eigenvalue weighted by Gasteiger charge is 2.17. The highest BCUT2D eigenvalue weighted by molar-refractivity contribution is 5.93. The van der Waals surface area contributed by atoms with Gasteiger partial charge in [0.25, 0.3) is 0 Å². The first kappa shape index (κ1) is 18.3. The zero-order valence-corrected chi connectivity index (χ0v) is 17.0. The van der Waals surface area contributed by atoms with Crippen molar-refractivity contribution < 1.29 is 0 Å². The Balaban J connectivity index is 2.32. The fraction of sp³-hybridized carbons (Fsp3) is 0.280. The SMILES string of the molecule is CNc1c(-c2c(C)cc(C)cc2C)cccc1-c1c(C)cc(C)cc1C. The molecule has 0 saturated heterocycles. The lowest BCUT2D eigenvalue weighted by atomic mass is 9.87. The summed E-state index contributed by atoms with van der Waals surface area (Å²) in [6, 6.07) is 15.8. The van der Waals surface area contributed by atoms with Crippen LogP contribution in [0.4, 0.5) is 5.69 Å². The van der Waals surface area contributed by atoms with Crippen LogP contribution < -0.4 is 5.32 Å². The Morgan fingerprint density at radius 2 is 0.923 bits per heavy atom. The molecule has 0 aliphatic rings. The van der Waals surface area contributed by atoms with Crippen LogP contribution in [0.2, 0.25) is 0 Å². The van der Waals surface area contributed by atoms with E-state index in [0.717, 1.165) is 0 Å². The molecule has 0 saturated carbocycles. The topological polar surface area (TPSA) is 12.0 Å². The van der Waals surface area contributed by atoms with Crippen LogP contribution in [0.25, 0.3) is 22.3 Å². The minimum Gasteiger partial charge on any atom is -0.387 e. The van der Waals surface area contributed by atoms with Gasteiger partial charge in [0.15, 0.2) is 0 Å². The Morgan fingerprint density at radius 1 is 0.577 bits per heavy atom. The Hall–Kier alpha value is -2.54. The normalized spacial score (nSPS) is 10.9. The van der Waals surface area contributed by atoms with Crippen LogP contribution in [0.15, 0.2) is 42.5 Å². The smallest absolute Gasteiger partial charge is 0.0497 e. The average Bonchev–Trinajstić information content (AvgIpc) is 2.53. The van der Waals surface area contributed by atoms with E-state index < -0.39 is 0 Å². The lowest BCUT2D eigenvalue weighted by Crippen LogP contribution is -2.00. The molecule has 0 heterocycles. The number of aryl methyl sites for hydroxylation is 6. The summed E-state index contributed by atoms with van der Waals surface area (Å²) in [6.45, 7) is 13.2. The third-order valence-electron chi connectivity index (χ3n) is 5.21. The fourth-order valence-corrected chi connectivity index (χ4v) is 4.45. The molecular weight excluding hydrogens is 314 g/mol. The van der Waals surface area contributed by atoms with Crippen molar-refractivity contribution in [2.75, 3.05) is 12.4 Å². The molecule has 3 aromatic carbocycles. The van der Waals surface area contributed by atoms with Gasteiger partial charge in [0.05, 0.1) is 0 Å². The highest BCUT2D eigenvalue weighted by Crippen LogP contribution is 2.41. The zero-order chi connectivity index (χ0) is 19.0. The maximum absolute atomic E-state index is 3.50. The molecule has 0 aromatic heterocycles. The molecule has 0 radical (unpaired) electrons. The van der Waals surface area contributed by atoms with Gasteiger partial charge < -0.3 is 5.32 Å². The second-order valence-corrected chi connectivity index (χ2v) is 7.53. The van der Waals surface area contributed by atoms with Crippen LogP contribution in [0.5, 0.6) is 0 Å². The molecule has 0 amide bonds. The Bertz CT molecular complexity index is 858. The maximum atomic E-state index is 3.50. The molecule has 0 aliphatic carbocycles. The van der Waals surface area contributed by atoms with Gasteiger partial charge in [0.1, 0.15) is 0 Å². The van der Waals surface area contributed by atoms with E-state index in [2.05, 4.69) is 89.3 Å². The van der Waals surface area contributed by atoms with Crippen LogP contribution in [-0.4, -0.2) is 7.05 Å². The van der Waals surface area contributed by atoms with E-state index in [1.54, 1.807) is 0 Å². The van der Waals surface area contributed by atoms with Gasteiger partial charge in [-0.3, -0.25) is 0 Å². The highest BCUT2D eigenvalue weighted by atomic mass is 14.8. The van der Waals surface area contributed by atoms with Gasteiger partial charge in [-0.15, -0.1) is 0 Å². The van der Waals surface area contributed by atoms with Gasteiger partial charge in [-0.05, 0) is 74.9 Å². The molecule has 134 valence electrons. The Labute approximate surface area is 158 Å². The van der Waals surface area contributed by atoms with Crippen molar-refractivity contribution in [3.05, 3.63) is 75.8 Å². The monoisotopic (exact) mass is 343 g/mol. The van der Waals surface area contributed by atoms with E-state index in [9.17, 15) is 0 Å². The van der Waals surface area contributed by atoms with Crippen molar-refractivity contribution in [1.29, 1.82) is 0 Å². The average molecular weight is 344 g/mol. The van der Waals surface area contributed by atoms with Crippen molar-refractivity contribution in [3.63, 3.8) is 0 Å². The van der Waals surface area contributed by atoms with Crippen LogP contribution in [0, 0.1) is 41.5 Å². The number of hydrogen-bond acceptors (Lipinski definition) is 1. The number of nitrogens with one attached hydrogen (secondary N) is 1. The van der Waals surface area contributed by atoms with E-state index in [0.29, 0.717) is 0 Å². The summed E-state index contributed by atoms with van der Waals surface area (Å²) in [5.74, 6) is 0. The van der Waals surface area contributed by atoms with Crippen molar-refractivity contribution in [2.45, 2.75) is 41.5 Å². The summed E-state index contributed by atoms with van der Waals surface area (Å²) in [7, 11) is 2.03. The van der Waals surface area contributed by atoms with Gasteiger partial charge in [-0.2, -0.15) is 0 Å². The van der Waals surface area contributed by atoms with Gasteiger partial charge >= 0.3 is 0 Å². The number of hydrogen-bond donors (Lipinski definition) is 1. The third kappa shape index (κ3) is 3.14. The molecule has 0 atom stereocenters. The zero-order valence-electron chi connectivity index (χ0n) is 17.0. The van der Waals surface area contributed by atoms with Crippen molar-refractivity contribution in [3.8, 4) is 22.3 Å².